The van der Waals surface area contributed by atoms with Gasteiger partial charge in [-0.05, 0) is 49.6 Å². The van der Waals surface area contributed by atoms with E-state index in [9.17, 15) is 9.59 Å². The first-order chi connectivity index (χ1) is 14.5. The number of rotatable bonds is 9. The number of para-hydroxylation sites is 1. The molecule has 1 heterocycles. The second-order valence-electron chi connectivity index (χ2n) is 7.40. The Morgan fingerprint density at radius 3 is 2.50 bits per heavy atom. The van der Waals surface area contributed by atoms with Gasteiger partial charge in [-0.1, -0.05) is 30.3 Å². The Hall–Kier alpha value is -2.90. The lowest BCUT2D eigenvalue weighted by Crippen LogP contribution is -2.43. The normalized spacial score (nSPS) is 19.9. The van der Waals surface area contributed by atoms with E-state index in [2.05, 4.69) is 6.92 Å². The maximum absolute atomic E-state index is 12.3. The van der Waals surface area contributed by atoms with Crippen molar-refractivity contribution in [2.45, 2.75) is 38.1 Å². The molecular formula is C23H28N2O5. The van der Waals surface area contributed by atoms with Crippen LogP contribution in [0.25, 0.3) is 0 Å². The number of methoxy groups -OCH3 is 1. The smallest absolute Gasteiger partial charge is 0.350 e. The Morgan fingerprint density at radius 2 is 1.87 bits per heavy atom. The van der Waals surface area contributed by atoms with Crippen LogP contribution < -0.4 is 10.5 Å². The number of ether oxygens (including phenoxy) is 3. The molecule has 1 aliphatic rings. The average molecular weight is 412 g/mol. The van der Waals surface area contributed by atoms with Crippen molar-refractivity contribution in [3.05, 3.63) is 65.7 Å². The predicted octanol–water partition coefficient (Wildman–Crippen LogP) is 2.39. The summed E-state index contributed by atoms with van der Waals surface area (Å²) in [4.78, 5) is 25.5. The van der Waals surface area contributed by atoms with Crippen molar-refractivity contribution in [1.29, 1.82) is 0 Å². The molecule has 2 aromatic rings. The maximum Gasteiger partial charge on any atom is 0.350 e. The first-order valence-corrected chi connectivity index (χ1v) is 10.0. The monoisotopic (exact) mass is 412 g/mol. The van der Waals surface area contributed by atoms with Crippen molar-refractivity contribution in [1.82, 2.24) is 4.90 Å². The van der Waals surface area contributed by atoms with Crippen molar-refractivity contribution < 1.29 is 23.8 Å². The lowest BCUT2D eigenvalue weighted by Gasteiger charge is -2.27. The molecule has 30 heavy (non-hydrogen) atoms. The van der Waals surface area contributed by atoms with E-state index in [1.165, 1.54) is 7.11 Å². The molecule has 7 heteroatoms. The van der Waals surface area contributed by atoms with E-state index in [0.29, 0.717) is 18.7 Å². The molecule has 0 saturated carbocycles. The molecule has 0 aliphatic carbocycles. The molecule has 0 spiro atoms. The van der Waals surface area contributed by atoms with Crippen LogP contribution in [-0.2, 0) is 20.7 Å². The highest BCUT2D eigenvalue weighted by molar-refractivity contribution is 5.92. The van der Waals surface area contributed by atoms with Crippen LogP contribution in [0.2, 0.25) is 0 Å². The maximum atomic E-state index is 12.3. The molecule has 1 saturated heterocycles. The van der Waals surface area contributed by atoms with Gasteiger partial charge in [-0.15, -0.1) is 0 Å². The molecule has 1 fully saturated rings. The zero-order chi connectivity index (χ0) is 21.5. The van der Waals surface area contributed by atoms with Crippen LogP contribution in [0.1, 0.15) is 29.3 Å². The topological polar surface area (TPSA) is 91.1 Å². The Kier molecular flexibility index (Phi) is 7.43. The summed E-state index contributed by atoms with van der Waals surface area (Å²) in [6.45, 7) is 3.00. The molecule has 2 aromatic carbocycles. The molecule has 1 aliphatic heterocycles. The van der Waals surface area contributed by atoms with Gasteiger partial charge < -0.3 is 19.9 Å². The highest BCUT2D eigenvalue weighted by atomic mass is 16.6. The highest BCUT2D eigenvalue weighted by Gasteiger charge is 2.41. The second kappa shape index (κ2) is 10.2. The van der Waals surface area contributed by atoms with Gasteiger partial charge in [-0.25, -0.2) is 4.79 Å². The summed E-state index contributed by atoms with van der Waals surface area (Å²) < 4.78 is 16.7. The summed E-state index contributed by atoms with van der Waals surface area (Å²) in [5.74, 6) is -0.0784. The molecule has 1 amide bonds. The van der Waals surface area contributed by atoms with Crippen molar-refractivity contribution in [3.63, 3.8) is 0 Å². The third-order valence-corrected chi connectivity index (χ3v) is 5.27. The minimum Gasteiger partial charge on any atom is -0.491 e. The molecule has 3 rings (SSSR count). The fourth-order valence-corrected chi connectivity index (χ4v) is 3.51. The fraction of sp³-hybridized carbons (Fsp3) is 0.391. The van der Waals surface area contributed by atoms with E-state index in [1.807, 2.05) is 47.4 Å². The molecule has 2 N–H and O–H groups in total. The molecule has 3 atom stereocenters. The van der Waals surface area contributed by atoms with Crippen molar-refractivity contribution in [2.24, 2.45) is 5.73 Å². The van der Waals surface area contributed by atoms with E-state index in [-0.39, 0.29) is 12.1 Å². The van der Waals surface area contributed by atoms with Crippen LogP contribution in [-0.4, -0.2) is 55.4 Å². The Balaban J connectivity index is 1.58. The number of nitrogens with zero attached hydrogens (tertiary/aromatic N) is 1. The standard InChI is InChI=1S/C23H28N2O5/c1-16(8-9-17-10-12-18(13-11-17)21(24)26)25-14-20(30-22(25)23(27)28-2)15-29-19-6-4-3-5-7-19/h3-7,10-13,16,20,22H,8-9,14-15H2,1-2H3,(H2,24,26)/t16?,20?,22-/m0/s1. The number of benzene rings is 2. The third-order valence-electron chi connectivity index (χ3n) is 5.27. The van der Waals surface area contributed by atoms with E-state index in [4.69, 9.17) is 19.9 Å². The number of hydrogen-bond donors (Lipinski definition) is 1. The van der Waals surface area contributed by atoms with Gasteiger partial charge >= 0.3 is 5.97 Å². The zero-order valence-electron chi connectivity index (χ0n) is 17.3. The lowest BCUT2D eigenvalue weighted by molar-refractivity contribution is -0.162. The summed E-state index contributed by atoms with van der Waals surface area (Å²) >= 11 is 0. The second-order valence-corrected chi connectivity index (χ2v) is 7.40. The van der Waals surface area contributed by atoms with Gasteiger partial charge in [0.25, 0.3) is 0 Å². The van der Waals surface area contributed by atoms with Gasteiger partial charge in [-0.3, -0.25) is 9.69 Å². The largest absolute Gasteiger partial charge is 0.491 e. The summed E-state index contributed by atoms with van der Waals surface area (Å²) in [6, 6.07) is 16.9. The molecule has 0 radical (unpaired) electrons. The number of esters is 1. The van der Waals surface area contributed by atoms with Crippen molar-refractivity contribution in [2.75, 3.05) is 20.3 Å². The van der Waals surface area contributed by atoms with Gasteiger partial charge in [0.05, 0.1) is 7.11 Å². The number of carbonyl (C=O) groups is 2. The van der Waals surface area contributed by atoms with Gasteiger partial charge in [0.15, 0.2) is 0 Å². The van der Waals surface area contributed by atoms with E-state index >= 15 is 0 Å². The number of aryl methyl sites for hydroxylation is 1. The first-order valence-electron chi connectivity index (χ1n) is 10.0. The van der Waals surface area contributed by atoms with Crippen LogP contribution in [0, 0.1) is 0 Å². The first kappa shape index (κ1) is 21.8. The molecule has 7 nitrogen and oxygen atoms in total. The van der Waals surface area contributed by atoms with E-state index in [0.717, 1.165) is 24.2 Å². The van der Waals surface area contributed by atoms with Crippen molar-refractivity contribution >= 4 is 11.9 Å². The number of amides is 1. The molecule has 0 bridgehead atoms. The van der Waals surface area contributed by atoms with Crippen LogP contribution in [0.15, 0.2) is 54.6 Å². The SMILES string of the molecule is COC(=O)[C@@H]1OC(COc2ccccc2)CN1C(C)CCc1ccc(C(N)=O)cc1. The molecule has 0 aromatic heterocycles. The van der Waals surface area contributed by atoms with Crippen LogP contribution in [0.5, 0.6) is 5.75 Å². The number of primary amides is 1. The highest BCUT2D eigenvalue weighted by Crippen LogP contribution is 2.24. The van der Waals surface area contributed by atoms with E-state index < -0.39 is 18.1 Å². The molecular weight excluding hydrogens is 384 g/mol. The van der Waals surface area contributed by atoms with Gasteiger partial charge in [0.2, 0.25) is 12.1 Å². The number of nitrogens with two attached hydrogens (primary N) is 1. The summed E-state index contributed by atoms with van der Waals surface area (Å²) in [6.07, 6.45) is 0.646. The van der Waals surface area contributed by atoms with Crippen molar-refractivity contribution in [3.8, 4) is 5.75 Å². The molecule has 2 unspecified atom stereocenters. The Labute approximate surface area is 176 Å². The predicted molar refractivity (Wildman–Crippen MR) is 112 cm³/mol. The van der Waals surface area contributed by atoms with E-state index in [1.54, 1.807) is 12.1 Å². The Bertz CT molecular complexity index is 840. The van der Waals surface area contributed by atoms with Gasteiger partial charge in [0, 0.05) is 18.2 Å². The Morgan fingerprint density at radius 1 is 1.17 bits per heavy atom. The van der Waals surface area contributed by atoms with Crippen LogP contribution in [0.4, 0.5) is 0 Å². The summed E-state index contributed by atoms with van der Waals surface area (Å²) in [5, 5.41) is 0. The minimum atomic E-state index is -0.744. The number of carbonyl (C=O) groups excluding carboxylic acids is 2. The average Bonchev–Trinajstić information content (AvgIpc) is 3.21. The fourth-order valence-electron chi connectivity index (χ4n) is 3.51. The quantitative estimate of drug-likeness (QED) is 0.636. The van der Waals surface area contributed by atoms with Crippen LogP contribution in [0.3, 0.4) is 0 Å². The van der Waals surface area contributed by atoms with Crippen LogP contribution >= 0.6 is 0 Å². The van der Waals surface area contributed by atoms with Gasteiger partial charge in [-0.2, -0.15) is 0 Å². The minimum absolute atomic E-state index is 0.0895. The van der Waals surface area contributed by atoms with Gasteiger partial charge in [0.1, 0.15) is 18.5 Å². The third kappa shape index (κ3) is 5.58. The molecule has 160 valence electrons. The summed E-state index contributed by atoms with van der Waals surface area (Å²) in [5.41, 5.74) is 6.88. The summed E-state index contributed by atoms with van der Waals surface area (Å²) in [7, 11) is 1.36. The zero-order valence-corrected chi connectivity index (χ0v) is 17.3. The number of hydrogen-bond acceptors (Lipinski definition) is 6. The lowest BCUT2D eigenvalue weighted by atomic mass is 10.0.